The van der Waals surface area contributed by atoms with Crippen LogP contribution in [0.4, 0.5) is 5.69 Å². The van der Waals surface area contributed by atoms with Gasteiger partial charge in [0.2, 0.25) is 5.91 Å². The number of carbonyl (C=O) groups is 2. The number of hydrogen-bond donors (Lipinski definition) is 2. The summed E-state index contributed by atoms with van der Waals surface area (Å²) in [5.41, 5.74) is 1.77. The van der Waals surface area contributed by atoms with Gasteiger partial charge in [-0.3, -0.25) is 14.5 Å². The van der Waals surface area contributed by atoms with Crippen LogP contribution in [0.3, 0.4) is 0 Å². The van der Waals surface area contributed by atoms with Crippen LogP contribution < -0.4 is 5.32 Å². The van der Waals surface area contributed by atoms with Crippen molar-refractivity contribution in [1.29, 1.82) is 0 Å². The van der Waals surface area contributed by atoms with E-state index in [1.807, 2.05) is 32.0 Å². The molecule has 0 unspecified atom stereocenters. The predicted octanol–water partition coefficient (Wildman–Crippen LogP) is 2.10. The minimum Gasteiger partial charge on any atom is -0.480 e. The van der Waals surface area contributed by atoms with Crippen LogP contribution >= 0.6 is 15.9 Å². The molecule has 1 rings (SSSR count). The van der Waals surface area contributed by atoms with Crippen molar-refractivity contribution in [3.63, 3.8) is 0 Å². The van der Waals surface area contributed by atoms with Crippen LogP contribution in [0, 0.1) is 6.92 Å². The number of amides is 1. The number of aliphatic carboxylic acids is 1. The van der Waals surface area contributed by atoms with Crippen molar-refractivity contribution >= 4 is 33.5 Å². The van der Waals surface area contributed by atoms with Gasteiger partial charge in [-0.25, -0.2) is 0 Å². The van der Waals surface area contributed by atoms with Crippen LogP contribution in [0.25, 0.3) is 0 Å². The second-order valence-corrected chi connectivity index (χ2v) is 5.08. The Labute approximate surface area is 120 Å². The van der Waals surface area contributed by atoms with Crippen LogP contribution in [0.1, 0.15) is 12.5 Å². The molecule has 0 saturated heterocycles. The average molecular weight is 329 g/mol. The third-order valence-electron chi connectivity index (χ3n) is 2.57. The van der Waals surface area contributed by atoms with Gasteiger partial charge in [-0.1, -0.05) is 13.0 Å². The molecule has 0 aliphatic rings. The fourth-order valence-electron chi connectivity index (χ4n) is 1.59. The number of rotatable bonds is 6. The first kappa shape index (κ1) is 15.7. The van der Waals surface area contributed by atoms with Gasteiger partial charge in [0.1, 0.15) is 0 Å². The van der Waals surface area contributed by atoms with E-state index in [9.17, 15) is 9.59 Å². The lowest BCUT2D eigenvalue weighted by Crippen LogP contribution is -2.36. The quantitative estimate of drug-likeness (QED) is 0.839. The number of carbonyl (C=O) groups excluding carboxylic acids is 1. The Morgan fingerprint density at radius 2 is 2.05 bits per heavy atom. The number of halogens is 1. The average Bonchev–Trinajstić information content (AvgIpc) is 2.31. The van der Waals surface area contributed by atoms with E-state index in [1.165, 1.54) is 0 Å². The number of nitrogens with one attached hydrogen (secondary N) is 1. The number of nitrogens with zero attached hydrogens (tertiary/aromatic N) is 1. The van der Waals surface area contributed by atoms with Gasteiger partial charge in [0.25, 0.3) is 0 Å². The van der Waals surface area contributed by atoms with E-state index in [1.54, 1.807) is 4.90 Å². The van der Waals surface area contributed by atoms with E-state index in [-0.39, 0.29) is 19.0 Å². The molecule has 0 heterocycles. The van der Waals surface area contributed by atoms with Gasteiger partial charge >= 0.3 is 5.97 Å². The number of hydrogen-bond acceptors (Lipinski definition) is 3. The fourth-order valence-corrected chi connectivity index (χ4v) is 2.18. The number of benzene rings is 1. The minimum atomic E-state index is -0.939. The normalized spacial score (nSPS) is 10.5. The van der Waals surface area contributed by atoms with Crippen molar-refractivity contribution in [2.75, 3.05) is 25.0 Å². The zero-order chi connectivity index (χ0) is 14.4. The molecule has 0 fully saturated rings. The van der Waals surface area contributed by atoms with E-state index in [4.69, 9.17) is 5.11 Å². The van der Waals surface area contributed by atoms with Gasteiger partial charge in [0.05, 0.1) is 18.8 Å². The van der Waals surface area contributed by atoms with Gasteiger partial charge in [-0.15, -0.1) is 0 Å². The monoisotopic (exact) mass is 328 g/mol. The van der Waals surface area contributed by atoms with Crippen molar-refractivity contribution in [3.8, 4) is 0 Å². The molecule has 0 aliphatic carbocycles. The van der Waals surface area contributed by atoms with E-state index in [0.717, 1.165) is 10.0 Å². The summed E-state index contributed by atoms with van der Waals surface area (Å²) >= 11 is 3.38. The summed E-state index contributed by atoms with van der Waals surface area (Å²) < 4.78 is 0.808. The first-order valence-electron chi connectivity index (χ1n) is 5.92. The Morgan fingerprint density at radius 1 is 1.37 bits per heavy atom. The molecule has 6 heteroatoms. The van der Waals surface area contributed by atoms with E-state index < -0.39 is 5.97 Å². The standard InChI is InChI=1S/C13H17BrN2O3/c1-3-16(8-13(18)19)7-12(17)15-11-5-4-9(2)6-10(11)14/h4-6H,3,7-8H2,1-2H3,(H,15,17)(H,18,19). The Kier molecular flexibility index (Phi) is 5.98. The molecular formula is C13H17BrN2O3. The Bertz CT molecular complexity index is 477. The van der Waals surface area contributed by atoms with Crippen molar-refractivity contribution in [3.05, 3.63) is 28.2 Å². The zero-order valence-electron chi connectivity index (χ0n) is 10.9. The highest BCUT2D eigenvalue weighted by Gasteiger charge is 2.13. The Hall–Kier alpha value is -1.40. The molecule has 0 aromatic heterocycles. The molecule has 19 heavy (non-hydrogen) atoms. The molecular weight excluding hydrogens is 312 g/mol. The largest absolute Gasteiger partial charge is 0.480 e. The van der Waals surface area contributed by atoms with Crippen molar-refractivity contribution in [2.24, 2.45) is 0 Å². The first-order valence-corrected chi connectivity index (χ1v) is 6.71. The highest BCUT2D eigenvalue weighted by Crippen LogP contribution is 2.23. The maximum atomic E-state index is 11.8. The smallest absolute Gasteiger partial charge is 0.317 e. The van der Waals surface area contributed by atoms with E-state index in [0.29, 0.717) is 12.2 Å². The molecule has 0 spiro atoms. The van der Waals surface area contributed by atoms with Gasteiger partial charge in [0.15, 0.2) is 0 Å². The highest BCUT2D eigenvalue weighted by molar-refractivity contribution is 9.10. The van der Waals surface area contributed by atoms with Gasteiger partial charge in [-0.05, 0) is 47.1 Å². The summed E-state index contributed by atoms with van der Waals surface area (Å²) in [5, 5.41) is 11.5. The number of anilines is 1. The third-order valence-corrected chi connectivity index (χ3v) is 3.23. The Morgan fingerprint density at radius 3 is 2.58 bits per heavy atom. The van der Waals surface area contributed by atoms with E-state index >= 15 is 0 Å². The maximum absolute atomic E-state index is 11.8. The summed E-state index contributed by atoms with van der Waals surface area (Å²) in [6, 6.07) is 5.62. The molecule has 0 aliphatic heterocycles. The van der Waals surface area contributed by atoms with Crippen LogP contribution in [0.5, 0.6) is 0 Å². The molecule has 0 bridgehead atoms. The SMILES string of the molecule is CCN(CC(=O)O)CC(=O)Nc1ccc(C)cc1Br. The van der Waals surface area contributed by atoms with E-state index in [2.05, 4.69) is 21.2 Å². The summed E-state index contributed by atoms with van der Waals surface area (Å²) in [6.45, 7) is 4.21. The third kappa shape index (κ3) is 5.40. The number of carboxylic acid groups (broad SMARTS) is 1. The summed E-state index contributed by atoms with van der Waals surface area (Å²) in [5.74, 6) is -1.17. The lowest BCUT2D eigenvalue weighted by Gasteiger charge is -2.17. The fraction of sp³-hybridized carbons (Fsp3) is 0.385. The number of aryl methyl sites for hydroxylation is 1. The number of carboxylic acids is 1. The summed E-state index contributed by atoms with van der Waals surface area (Å²) in [6.07, 6.45) is 0. The second kappa shape index (κ2) is 7.25. The van der Waals surface area contributed by atoms with Crippen molar-refractivity contribution < 1.29 is 14.7 Å². The molecule has 2 N–H and O–H groups in total. The molecule has 1 amide bonds. The van der Waals surface area contributed by atoms with Crippen molar-refractivity contribution in [2.45, 2.75) is 13.8 Å². The molecule has 0 radical (unpaired) electrons. The summed E-state index contributed by atoms with van der Waals surface area (Å²) in [4.78, 5) is 24.0. The predicted molar refractivity (Wildman–Crippen MR) is 77.3 cm³/mol. The molecule has 1 aromatic rings. The van der Waals surface area contributed by atoms with Gasteiger partial charge in [0, 0.05) is 4.47 Å². The topological polar surface area (TPSA) is 69.6 Å². The summed E-state index contributed by atoms with van der Waals surface area (Å²) in [7, 11) is 0. The van der Waals surface area contributed by atoms with Crippen LogP contribution in [-0.4, -0.2) is 41.5 Å². The molecule has 5 nitrogen and oxygen atoms in total. The van der Waals surface area contributed by atoms with Crippen molar-refractivity contribution in [1.82, 2.24) is 4.90 Å². The molecule has 0 atom stereocenters. The number of likely N-dealkylation sites (N-methyl/N-ethyl adjacent to an activating group) is 1. The van der Waals surface area contributed by atoms with Crippen LogP contribution in [-0.2, 0) is 9.59 Å². The molecule has 0 saturated carbocycles. The molecule has 1 aromatic carbocycles. The maximum Gasteiger partial charge on any atom is 0.317 e. The molecule has 104 valence electrons. The first-order chi connectivity index (χ1) is 8.92. The lowest BCUT2D eigenvalue weighted by molar-refractivity contribution is -0.138. The van der Waals surface area contributed by atoms with Gasteiger partial charge < -0.3 is 10.4 Å². The second-order valence-electron chi connectivity index (χ2n) is 4.23. The highest BCUT2D eigenvalue weighted by atomic mass is 79.9. The Balaban J connectivity index is 2.61. The minimum absolute atomic E-state index is 0.0586. The lowest BCUT2D eigenvalue weighted by atomic mass is 10.2. The zero-order valence-corrected chi connectivity index (χ0v) is 12.5. The van der Waals surface area contributed by atoms with Crippen LogP contribution in [0.15, 0.2) is 22.7 Å². The van der Waals surface area contributed by atoms with Crippen LogP contribution in [0.2, 0.25) is 0 Å². The van der Waals surface area contributed by atoms with Gasteiger partial charge in [-0.2, -0.15) is 0 Å².